The number of rotatable bonds is 7. The van der Waals surface area contributed by atoms with E-state index in [1.165, 1.54) is 32.2 Å². The summed E-state index contributed by atoms with van der Waals surface area (Å²) in [5.74, 6) is 3.24. The maximum absolute atomic E-state index is 13.6. The van der Waals surface area contributed by atoms with Crippen molar-refractivity contribution in [2.24, 2.45) is 16.8 Å². The summed E-state index contributed by atoms with van der Waals surface area (Å²) in [6.45, 7) is 6.51. The lowest BCUT2D eigenvalue weighted by atomic mass is 10.0. The van der Waals surface area contributed by atoms with Gasteiger partial charge in [-0.1, -0.05) is 17.7 Å². The summed E-state index contributed by atoms with van der Waals surface area (Å²) in [5.41, 5.74) is 2.65. The molecule has 0 saturated carbocycles. The summed E-state index contributed by atoms with van der Waals surface area (Å²) in [6, 6.07) is 8.53. The molecule has 1 N–H and O–H groups in total. The monoisotopic (exact) mass is 498 g/mol. The lowest BCUT2D eigenvalue weighted by Gasteiger charge is -2.20. The molecule has 3 aliphatic heterocycles. The first-order chi connectivity index (χ1) is 17.0. The van der Waals surface area contributed by atoms with Gasteiger partial charge in [-0.05, 0) is 67.6 Å². The van der Waals surface area contributed by atoms with Crippen LogP contribution in [-0.4, -0.2) is 69.1 Å². The minimum atomic E-state index is -0.454. The molecule has 35 heavy (non-hydrogen) atoms. The molecule has 2 aromatic rings. The second-order valence-electron chi connectivity index (χ2n) is 9.68. The van der Waals surface area contributed by atoms with Gasteiger partial charge in [0.1, 0.15) is 11.7 Å². The minimum absolute atomic E-state index is 0.0624. The maximum atomic E-state index is 13.6. The lowest BCUT2D eigenvalue weighted by Crippen LogP contribution is -2.28. The number of hydrogen-bond acceptors (Lipinski definition) is 6. The van der Waals surface area contributed by atoms with Gasteiger partial charge in [0.25, 0.3) is 0 Å². The van der Waals surface area contributed by atoms with Gasteiger partial charge in [-0.2, -0.15) is 0 Å². The highest BCUT2D eigenvalue weighted by Crippen LogP contribution is 2.34. The number of allylic oxidation sites excluding steroid dienone is 1. The van der Waals surface area contributed by atoms with Gasteiger partial charge < -0.3 is 24.6 Å². The minimum Gasteiger partial charge on any atom is -0.493 e. The van der Waals surface area contributed by atoms with Crippen LogP contribution in [0, 0.1) is 17.7 Å². The first-order valence-corrected chi connectivity index (χ1v) is 12.6. The van der Waals surface area contributed by atoms with Gasteiger partial charge in [0.2, 0.25) is 0 Å². The Labute approximate surface area is 211 Å². The molecule has 0 spiro atoms. The van der Waals surface area contributed by atoms with Gasteiger partial charge in [-0.25, -0.2) is 9.38 Å². The number of methoxy groups -OCH3 is 1. The van der Waals surface area contributed by atoms with Crippen molar-refractivity contribution in [3.8, 4) is 11.5 Å². The van der Waals surface area contributed by atoms with Crippen molar-refractivity contribution in [2.75, 3.05) is 58.8 Å². The molecular weight excluding hydrogens is 467 g/mol. The Bertz CT molecular complexity index is 1120. The number of fused-ring (bicyclic) bond motifs is 2. The maximum Gasteiger partial charge on any atom is 0.161 e. The van der Waals surface area contributed by atoms with E-state index in [0.717, 1.165) is 42.3 Å². The van der Waals surface area contributed by atoms with Crippen molar-refractivity contribution in [1.82, 2.24) is 9.80 Å². The molecule has 0 bridgehead atoms. The van der Waals surface area contributed by atoms with Crippen molar-refractivity contribution in [1.29, 1.82) is 0 Å². The van der Waals surface area contributed by atoms with Crippen molar-refractivity contribution in [2.45, 2.75) is 12.8 Å². The van der Waals surface area contributed by atoms with E-state index in [-0.39, 0.29) is 5.02 Å². The third-order valence-electron chi connectivity index (χ3n) is 7.09. The molecule has 186 valence electrons. The number of halogens is 2. The molecule has 0 aromatic heterocycles. The summed E-state index contributed by atoms with van der Waals surface area (Å²) >= 11 is 5.97. The fourth-order valence-electron chi connectivity index (χ4n) is 5.43. The van der Waals surface area contributed by atoms with Gasteiger partial charge in [-0.3, -0.25) is 0 Å². The number of benzene rings is 2. The zero-order valence-corrected chi connectivity index (χ0v) is 21.0. The molecule has 3 aliphatic rings. The van der Waals surface area contributed by atoms with E-state index in [1.807, 2.05) is 18.2 Å². The summed E-state index contributed by atoms with van der Waals surface area (Å²) in [4.78, 5) is 9.60. The Morgan fingerprint density at radius 1 is 1.11 bits per heavy atom. The van der Waals surface area contributed by atoms with Crippen LogP contribution in [0.15, 0.2) is 47.6 Å². The second kappa shape index (κ2) is 10.6. The summed E-state index contributed by atoms with van der Waals surface area (Å²) in [6.07, 6.45) is 5.44. The van der Waals surface area contributed by atoms with Crippen LogP contribution in [0.5, 0.6) is 11.5 Å². The molecule has 2 unspecified atom stereocenters. The number of anilines is 1. The van der Waals surface area contributed by atoms with Crippen LogP contribution >= 0.6 is 11.6 Å². The second-order valence-corrected chi connectivity index (χ2v) is 10.1. The Morgan fingerprint density at radius 3 is 2.66 bits per heavy atom. The standard InChI is InChI=1S/C27H32ClFN4O2/c1-32-14-19-16-33(17-20(19)15-32)9-4-10-35-26-13-22-18(11-25(26)34-2)5-3-8-30-27(22)31-21-6-7-24(29)23(28)12-21/h3,6-8,11-13,19-20H,4-5,9-10,14-17H2,1-2H3,(H,30,31). The normalized spacial score (nSPS) is 21.9. The zero-order chi connectivity index (χ0) is 24.4. The predicted octanol–water partition coefficient (Wildman–Crippen LogP) is 4.68. The predicted molar refractivity (Wildman–Crippen MR) is 138 cm³/mol. The van der Waals surface area contributed by atoms with Gasteiger partial charge in [0.15, 0.2) is 11.5 Å². The molecule has 2 saturated heterocycles. The molecule has 0 amide bonds. The van der Waals surface area contributed by atoms with Crippen LogP contribution in [0.1, 0.15) is 17.5 Å². The van der Waals surface area contributed by atoms with Crippen LogP contribution < -0.4 is 14.8 Å². The number of hydrogen-bond donors (Lipinski definition) is 1. The molecule has 2 atom stereocenters. The van der Waals surface area contributed by atoms with Crippen molar-refractivity contribution in [3.05, 3.63) is 64.6 Å². The smallest absolute Gasteiger partial charge is 0.161 e. The highest BCUT2D eigenvalue weighted by atomic mass is 35.5. The number of aliphatic imine (C=N–C) groups is 1. The lowest BCUT2D eigenvalue weighted by molar-refractivity contribution is 0.237. The van der Waals surface area contributed by atoms with E-state index in [0.29, 0.717) is 29.6 Å². The van der Waals surface area contributed by atoms with Gasteiger partial charge in [-0.15, -0.1) is 0 Å². The van der Waals surface area contributed by atoms with Crippen molar-refractivity contribution >= 4 is 23.1 Å². The Balaban J connectivity index is 1.25. The SMILES string of the molecule is COc1cc2c(cc1OCCCN1CC3CN(C)CC3C1)C(Nc1ccc(F)c(Cl)c1)=NC=CC2. The summed E-state index contributed by atoms with van der Waals surface area (Å²) in [7, 11) is 3.88. The van der Waals surface area contributed by atoms with E-state index >= 15 is 0 Å². The third kappa shape index (κ3) is 5.47. The average molecular weight is 499 g/mol. The molecule has 5 rings (SSSR count). The van der Waals surface area contributed by atoms with Gasteiger partial charge in [0.05, 0.1) is 18.7 Å². The number of amidine groups is 1. The van der Waals surface area contributed by atoms with Crippen LogP contribution in [0.2, 0.25) is 5.02 Å². The average Bonchev–Trinajstić information content (AvgIpc) is 3.30. The van der Waals surface area contributed by atoms with E-state index in [1.54, 1.807) is 25.4 Å². The number of nitrogens with one attached hydrogen (secondary N) is 1. The largest absolute Gasteiger partial charge is 0.493 e. The van der Waals surface area contributed by atoms with Crippen molar-refractivity contribution < 1.29 is 13.9 Å². The quantitative estimate of drug-likeness (QED) is 0.562. The highest BCUT2D eigenvalue weighted by molar-refractivity contribution is 6.31. The van der Waals surface area contributed by atoms with Gasteiger partial charge >= 0.3 is 0 Å². The molecule has 6 nitrogen and oxygen atoms in total. The van der Waals surface area contributed by atoms with E-state index < -0.39 is 5.82 Å². The van der Waals surface area contributed by atoms with Crippen molar-refractivity contribution in [3.63, 3.8) is 0 Å². The highest BCUT2D eigenvalue weighted by Gasteiger charge is 2.38. The first kappa shape index (κ1) is 24.1. The molecular formula is C27H32ClFN4O2. The molecule has 2 aromatic carbocycles. The molecule has 0 radical (unpaired) electrons. The number of likely N-dealkylation sites (tertiary alicyclic amines) is 2. The zero-order valence-electron chi connectivity index (χ0n) is 20.3. The molecule has 8 heteroatoms. The fourth-order valence-corrected chi connectivity index (χ4v) is 5.61. The van der Waals surface area contributed by atoms with Gasteiger partial charge in [0, 0.05) is 50.2 Å². The Kier molecular flexibility index (Phi) is 7.27. The Hall–Kier alpha value is -2.61. The third-order valence-corrected chi connectivity index (χ3v) is 7.38. The summed E-state index contributed by atoms with van der Waals surface area (Å²) < 4.78 is 25.4. The Morgan fingerprint density at radius 2 is 1.91 bits per heavy atom. The first-order valence-electron chi connectivity index (χ1n) is 12.2. The van der Waals surface area contributed by atoms with E-state index in [2.05, 4.69) is 27.2 Å². The molecule has 0 aliphatic carbocycles. The molecule has 3 heterocycles. The van der Waals surface area contributed by atoms with E-state index in [9.17, 15) is 4.39 Å². The fraction of sp³-hybridized carbons (Fsp3) is 0.444. The van der Waals surface area contributed by atoms with Crippen LogP contribution in [0.25, 0.3) is 0 Å². The topological polar surface area (TPSA) is 49.3 Å². The van der Waals surface area contributed by atoms with Crippen LogP contribution in [-0.2, 0) is 6.42 Å². The number of nitrogens with zero attached hydrogens (tertiary/aromatic N) is 3. The van der Waals surface area contributed by atoms with Crippen LogP contribution in [0.3, 0.4) is 0 Å². The summed E-state index contributed by atoms with van der Waals surface area (Å²) in [5, 5.41) is 3.34. The molecule has 2 fully saturated rings. The van der Waals surface area contributed by atoms with E-state index in [4.69, 9.17) is 21.1 Å². The number of ether oxygens (including phenoxy) is 2. The van der Waals surface area contributed by atoms with Crippen LogP contribution in [0.4, 0.5) is 10.1 Å².